The van der Waals surface area contributed by atoms with Crippen molar-refractivity contribution in [2.24, 2.45) is 5.92 Å². The van der Waals surface area contributed by atoms with Gasteiger partial charge in [-0.15, -0.1) is 0 Å². The normalized spacial score (nSPS) is 11.0. The van der Waals surface area contributed by atoms with Gasteiger partial charge >= 0.3 is 0 Å². The Morgan fingerprint density at radius 3 is 2.44 bits per heavy atom. The summed E-state index contributed by atoms with van der Waals surface area (Å²) in [5, 5.41) is 6.89. The topological polar surface area (TPSA) is 84.7 Å². The lowest BCUT2D eigenvalue weighted by Crippen LogP contribution is -2.36. The molecule has 3 rings (SSSR count). The first-order valence-corrected chi connectivity index (χ1v) is 11.6. The molecule has 34 heavy (non-hydrogen) atoms. The monoisotopic (exact) mass is 463 g/mol. The van der Waals surface area contributed by atoms with Crippen LogP contribution in [0.4, 0.5) is 5.69 Å². The molecule has 180 valence electrons. The molecule has 3 aromatic rings. The van der Waals surface area contributed by atoms with Crippen LogP contribution in [0.25, 0.3) is 11.3 Å². The molecule has 0 spiro atoms. The molecule has 0 aliphatic carbocycles. The van der Waals surface area contributed by atoms with Crippen molar-refractivity contribution in [1.29, 1.82) is 0 Å². The third-order valence-electron chi connectivity index (χ3n) is 5.43. The molecule has 0 fully saturated rings. The molecule has 1 aromatic heterocycles. The number of hydrogen-bond acceptors (Lipinski definition) is 5. The number of rotatable bonds is 10. The highest BCUT2D eigenvalue weighted by atomic mass is 16.5. The van der Waals surface area contributed by atoms with Crippen LogP contribution in [0.15, 0.2) is 59.1 Å². The Labute approximate surface area is 201 Å². The Kier molecular flexibility index (Phi) is 8.46. The minimum atomic E-state index is -0.263. The summed E-state index contributed by atoms with van der Waals surface area (Å²) in [6, 6.07) is 16.8. The first-order valence-electron chi connectivity index (χ1n) is 11.6. The summed E-state index contributed by atoms with van der Waals surface area (Å²) in [5.41, 5.74) is 2.94. The van der Waals surface area contributed by atoms with Gasteiger partial charge < -0.3 is 19.5 Å². The number of amides is 2. The van der Waals surface area contributed by atoms with Gasteiger partial charge in [0.2, 0.25) is 5.91 Å². The Morgan fingerprint density at radius 1 is 1.06 bits per heavy atom. The van der Waals surface area contributed by atoms with Crippen LogP contribution in [0.5, 0.6) is 5.75 Å². The quantitative estimate of drug-likeness (QED) is 0.423. The molecule has 0 unspecified atom stereocenters. The first kappa shape index (κ1) is 25.0. The number of anilines is 1. The molecular formula is C27H33N3O4. The van der Waals surface area contributed by atoms with E-state index >= 15 is 0 Å². The Hall–Kier alpha value is -3.61. The predicted molar refractivity (Wildman–Crippen MR) is 133 cm³/mol. The molecule has 7 heteroatoms. The van der Waals surface area contributed by atoms with E-state index < -0.39 is 0 Å². The van der Waals surface area contributed by atoms with E-state index in [0.717, 1.165) is 11.3 Å². The van der Waals surface area contributed by atoms with Crippen LogP contribution in [-0.2, 0) is 4.79 Å². The van der Waals surface area contributed by atoms with Crippen LogP contribution in [-0.4, -0.2) is 42.1 Å². The summed E-state index contributed by atoms with van der Waals surface area (Å²) >= 11 is 0. The van der Waals surface area contributed by atoms with E-state index in [9.17, 15) is 9.59 Å². The Morgan fingerprint density at radius 2 is 1.79 bits per heavy atom. The second kappa shape index (κ2) is 11.5. The molecule has 0 saturated heterocycles. The maximum absolute atomic E-state index is 13.2. The minimum absolute atomic E-state index is 0.143. The molecule has 0 aliphatic heterocycles. The highest BCUT2D eigenvalue weighted by Gasteiger charge is 2.22. The van der Waals surface area contributed by atoms with Gasteiger partial charge in [0.15, 0.2) is 11.5 Å². The standard InChI is InChI=1S/C27H33N3O4/c1-18(2)17-30(14-13-26(31)28-22-11-9-20(10-12-22)19(3)4)27(32)24-16-25(34-29-24)21-7-6-8-23(15-21)33-5/h6-12,15-16,18-19H,13-14,17H2,1-5H3,(H,28,31). The smallest absolute Gasteiger partial charge is 0.276 e. The molecular weight excluding hydrogens is 430 g/mol. The van der Waals surface area contributed by atoms with E-state index in [-0.39, 0.29) is 36.4 Å². The number of ether oxygens (including phenoxy) is 1. The number of aromatic nitrogens is 1. The fourth-order valence-electron chi connectivity index (χ4n) is 3.58. The molecule has 0 bridgehead atoms. The summed E-state index contributed by atoms with van der Waals surface area (Å²) in [5.74, 6) is 1.43. The van der Waals surface area contributed by atoms with Crippen LogP contribution >= 0.6 is 0 Å². The van der Waals surface area contributed by atoms with Crippen LogP contribution in [0, 0.1) is 5.92 Å². The number of hydrogen-bond donors (Lipinski definition) is 1. The van der Waals surface area contributed by atoms with Crippen LogP contribution < -0.4 is 10.1 Å². The van der Waals surface area contributed by atoms with Gasteiger partial charge in [0.25, 0.3) is 5.91 Å². The highest BCUT2D eigenvalue weighted by molar-refractivity contribution is 5.94. The highest BCUT2D eigenvalue weighted by Crippen LogP contribution is 2.25. The van der Waals surface area contributed by atoms with Crippen molar-refractivity contribution in [3.05, 3.63) is 65.9 Å². The van der Waals surface area contributed by atoms with E-state index in [4.69, 9.17) is 9.26 Å². The van der Waals surface area contributed by atoms with E-state index in [1.54, 1.807) is 18.1 Å². The molecule has 0 aliphatic rings. The summed E-state index contributed by atoms with van der Waals surface area (Å²) in [6.45, 7) is 9.11. The van der Waals surface area contributed by atoms with Gasteiger partial charge in [-0.1, -0.05) is 57.1 Å². The third-order valence-corrected chi connectivity index (χ3v) is 5.43. The SMILES string of the molecule is COc1cccc(-c2cc(C(=O)N(CCC(=O)Nc3ccc(C(C)C)cc3)CC(C)C)no2)c1. The number of carbonyl (C=O) groups excluding carboxylic acids is 2. The molecule has 0 atom stereocenters. The molecule has 0 saturated carbocycles. The van der Waals surface area contributed by atoms with Gasteiger partial charge in [0.1, 0.15) is 5.75 Å². The molecule has 0 radical (unpaired) electrons. The summed E-state index contributed by atoms with van der Waals surface area (Å²) < 4.78 is 10.7. The molecule has 2 amide bonds. The van der Waals surface area contributed by atoms with Crippen LogP contribution in [0.2, 0.25) is 0 Å². The predicted octanol–water partition coefficient (Wildman–Crippen LogP) is 5.60. The molecule has 1 N–H and O–H groups in total. The van der Waals surface area contributed by atoms with Crippen molar-refractivity contribution >= 4 is 17.5 Å². The van der Waals surface area contributed by atoms with Gasteiger partial charge in [-0.2, -0.15) is 0 Å². The van der Waals surface area contributed by atoms with Gasteiger partial charge in [-0.3, -0.25) is 9.59 Å². The third kappa shape index (κ3) is 6.70. The number of methoxy groups -OCH3 is 1. The van der Waals surface area contributed by atoms with Crippen molar-refractivity contribution in [1.82, 2.24) is 10.1 Å². The fraction of sp³-hybridized carbons (Fsp3) is 0.370. The second-order valence-corrected chi connectivity index (χ2v) is 9.03. The molecule has 2 aromatic carbocycles. The minimum Gasteiger partial charge on any atom is -0.497 e. The number of carbonyl (C=O) groups is 2. The second-order valence-electron chi connectivity index (χ2n) is 9.03. The lowest BCUT2D eigenvalue weighted by atomic mass is 10.0. The van der Waals surface area contributed by atoms with Crippen LogP contribution in [0.3, 0.4) is 0 Å². The average molecular weight is 464 g/mol. The van der Waals surface area contributed by atoms with Gasteiger partial charge in [-0.25, -0.2) is 0 Å². The van der Waals surface area contributed by atoms with Gasteiger partial charge in [0.05, 0.1) is 7.11 Å². The number of nitrogens with zero attached hydrogens (tertiary/aromatic N) is 2. The van der Waals surface area contributed by atoms with Crippen LogP contribution in [0.1, 0.15) is 56.1 Å². The Bertz CT molecular complexity index is 1100. The maximum atomic E-state index is 13.2. The van der Waals surface area contributed by atoms with E-state index in [2.05, 4.69) is 24.3 Å². The summed E-state index contributed by atoms with van der Waals surface area (Å²) in [4.78, 5) is 27.4. The van der Waals surface area contributed by atoms with E-state index in [0.29, 0.717) is 24.0 Å². The zero-order valence-corrected chi connectivity index (χ0v) is 20.5. The van der Waals surface area contributed by atoms with Crippen molar-refractivity contribution in [2.75, 3.05) is 25.5 Å². The zero-order chi connectivity index (χ0) is 24.7. The van der Waals surface area contributed by atoms with E-state index in [1.807, 2.05) is 62.4 Å². The van der Waals surface area contributed by atoms with Crippen molar-refractivity contribution < 1.29 is 18.8 Å². The lowest BCUT2D eigenvalue weighted by Gasteiger charge is -2.23. The number of benzene rings is 2. The molecule has 1 heterocycles. The average Bonchev–Trinajstić information content (AvgIpc) is 3.32. The summed E-state index contributed by atoms with van der Waals surface area (Å²) in [7, 11) is 1.59. The fourth-order valence-corrected chi connectivity index (χ4v) is 3.58. The number of nitrogens with one attached hydrogen (secondary N) is 1. The van der Waals surface area contributed by atoms with E-state index in [1.165, 1.54) is 5.56 Å². The van der Waals surface area contributed by atoms with Gasteiger partial charge in [0, 0.05) is 36.8 Å². The largest absolute Gasteiger partial charge is 0.497 e. The van der Waals surface area contributed by atoms with Crippen molar-refractivity contribution in [3.8, 4) is 17.1 Å². The Balaban J connectivity index is 1.65. The van der Waals surface area contributed by atoms with Gasteiger partial charge in [-0.05, 0) is 41.7 Å². The molecule has 7 nitrogen and oxygen atoms in total. The summed E-state index contributed by atoms with van der Waals surface area (Å²) in [6.07, 6.45) is 0.186. The maximum Gasteiger partial charge on any atom is 0.276 e. The van der Waals surface area contributed by atoms with Crippen molar-refractivity contribution in [3.63, 3.8) is 0 Å². The first-order chi connectivity index (χ1) is 16.3. The lowest BCUT2D eigenvalue weighted by molar-refractivity contribution is -0.116. The zero-order valence-electron chi connectivity index (χ0n) is 20.5. The van der Waals surface area contributed by atoms with Crippen molar-refractivity contribution in [2.45, 2.75) is 40.0 Å².